The third-order valence-corrected chi connectivity index (χ3v) is 5.11. The molecule has 1 saturated heterocycles. The molecule has 4 rings (SSSR count). The second-order valence-electron chi connectivity index (χ2n) is 7.48. The SMILES string of the molecule is Cc1ccc(-c2ccc(-c3ccc(C4OCC(C)CO4)cc3F)cc2)c(F)c1F. The van der Waals surface area contributed by atoms with Crippen molar-refractivity contribution in [1.82, 2.24) is 0 Å². The van der Waals surface area contributed by atoms with Crippen molar-refractivity contribution < 1.29 is 22.6 Å². The molecule has 150 valence electrons. The summed E-state index contributed by atoms with van der Waals surface area (Å²) >= 11 is 0. The third-order valence-electron chi connectivity index (χ3n) is 5.11. The molecule has 0 aromatic heterocycles. The predicted molar refractivity (Wildman–Crippen MR) is 106 cm³/mol. The Morgan fingerprint density at radius 3 is 1.97 bits per heavy atom. The van der Waals surface area contributed by atoms with E-state index < -0.39 is 23.7 Å². The van der Waals surface area contributed by atoms with Crippen LogP contribution in [0.15, 0.2) is 54.6 Å². The van der Waals surface area contributed by atoms with Crippen molar-refractivity contribution in [2.24, 2.45) is 5.92 Å². The Balaban J connectivity index is 1.59. The number of aryl methyl sites for hydroxylation is 1. The van der Waals surface area contributed by atoms with E-state index in [2.05, 4.69) is 0 Å². The number of benzene rings is 3. The number of rotatable bonds is 3. The molecule has 2 nitrogen and oxygen atoms in total. The molecule has 0 aliphatic carbocycles. The smallest absolute Gasteiger partial charge is 0.183 e. The normalized spacial score (nSPS) is 19.3. The molecule has 0 N–H and O–H groups in total. The van der Waals surface area contributed by atoms with Gasteiger partial charge in [-0.3, -0.25) is 0 Å². The van der Waals surface area contributed by atoms with Crippen molar-refractivity contribution in [2.75, 3.05) is 13.2 Å². The zero-order chi connectivity index (χ0) is 20.5. The van der Waals surface area contributed by atoms with E-state index in [0.717, 1.165) is 0 Å². The highest BCUT2D eigenvalue weighted by Crippen LogP contribution is 2.32. The van der Waals surface area contributed by atoms with Crippen LogP contribution in [-0.2, 0) is 9.47 Å². The van der Waals surface area contributed by atoms with Gasteiger partial charge in [-0.25, -0.2) is 13.2 Å². The van der Waals surface area contributed by atoms with Crippen molar-refractivity contribution in [2.45, 2.75) is 20.1 Å². The minimum atomic E-state index is -0.880. The van der Waals surface area contributed by atoms with Gasteiger partial charge in [-0.1, -0.05) is 55.5 Å². The standard InChI is InChI=1S/C24H21F3O2/c1-14-12-28-24(29-13-14)18-8-10-19(21(25)11-18)16-4-6-17(7-5-16)20-9-3-15(2)22(26)23(20)27/h3-11,14,24H,12-13H2,1-2H3. The highest BCUT2D eigenvalue weighted by atomic mass is 19.2. The summed E-state index contributed by atoms with van der Waals surface area (Å²) in [6.45, 7) is 4.69. The van der Waals surface area contributed by atoms with Gasteiger partial charge in [-0.05, 0) is 29.7 Å². The van der Waals surface area contributed by atoms with E-state index in [9.17, 15) is 13.2 Å². The molecule has 1 aliphatic rings. The van der Waals surface area contributed by atoms with Crippen LogP contribution in [0.25, 0.3) is 22.3 Å². The zero-order valence-electron chi connectivity index (χ0n) is 16.2. The molecule has 0 bridgehead atoms. The molecule has 0 radical (unpaired) electrons. The molecular weight excluding hydrogens is 377 g/mol. The predicted octanol–water partition coefficient (Wildman–Crippen LogP) is 6.43. The molecule has 5 heteroatoms. The lowest BCUT2D eigenvalue weighted by atomic mass is 9.98. The van der Waals surface area contributed by atoms with Gasteiger partial charge in [0.05, 0.1) is 13.2 Å². The first-order chi connectivity index (χ1) is 13.9. The van der Waals surface area contributed by atoms with Crippen LogP contribution in [0.5, 0.6) is 0 Å². The maximum Gasteiger partial charge on any atom is 0.183 e. The molecule has 1 aliphatic heterocycles. The highest BCUT2D eigenvalue weighted by molar-refractivity contribution is 5.71. The minimum absolute atomic E-state index is 0.177. The number of halogens is 3. The van der Waals surface area contributed by atoms with Gasteiger partial charge < -0.3 is 9.47 Å². The van der Waals surface area contributed by atoms with E-state index in [4.69, 9.17) is 9.47 Å². The highest BCUT2D eigenvalue weighted by Gasteiger charge is 2.22. The Bertz CT molecular complexity index is 1020. The van der Waals surface area contributed by atoms with Crippen molar-refractivity contribution in [3.63, 3.8) is 0 Å². The van der Waals surface area contributed by atoms with E-state index in [-0.39, 0.29) is 11.1 Å². The Labute approximate surface area is 167 Å². The van der Waals surface area contributed by atoms with Gasteiger partial charge in [0.25, 0.3) is 0 Å². The fourth-order valence-electron chi connectivity index (χ4n) is 3.40. The average Bonchev–Trinajstić information content (AvgIpc) is 2.73. The van der Waals surface area contributed by atoms with Crippen LogP contribution in [0.3, 0.4) is 0 Å². The molecule has 1 heterocycles. The Morgan fingerprint density at radius 2 is 1.34 bits per heavy atom. The van der Waals surface area contributed by atoms with Gasteiger partial charge >= 0.3 is 0 Å². The van der Waals surface area contributed by atoms with Crippen molar-refractivity contribution >= 4 is 0 Å². The maximum atomic E-state index is 14.7. The Kier molecular flexibility index (Phi) is 5.43. The zero-order valence-corrected chi connectivity index (χ0v) is 16.2. The molecule has 0 atom stereocenters. The number of hydrogen-bond acceptors (Lipinski definition) is 2. The van der Waals surface area contributed by atoms with E-state index in [0.29, 0.717) is 41.4 Å². The van der Waals surface area contributed by atoms with Crippen LogP contribution < -0.4 is 0 Å². The van der Waals surface area contributed by atoms with E-state index >= 15 is 0 Å². The number of ether oxygens (including phenoxy) is 2. The molecule has 1 fully saturated rings. The first kappa shape index (κ1) is 19.7. The topological polar surface area (TPSA) is 18.5 Å². The largest absolute Gasteiger partial charge is 0.348 e. The summed E-state index contributed by atoms with van der Waals surface area (Å²) in [6.07, 6.45) is -0.559. The first-order valence-electron chi connectivity index (χ1n) is 9.52. The van der Waals surface area contributed by atoms with E-state index in [1.54, 1.807) is 42.5 Å². The molecule has 0 unspecified atom stereocenters. The van der Waals surface area contributed by atoms with Gasteiger partial charge in [-0.15, -0.1) is 0 Å². The van der Waals surface area contributed by atoms with Crippen molar-refractivity contribution in [1.29, 1.82) is 0 Å². The molecule has 0 saturated carbocycles. The Morgan fingerprint density at radius 1 is 0.759 bits per heavy atom. The summed E-state index contributed by atoms with van der Waals surface area (Å²) < 4.78 is 54.0. The lowest BCUT2D eigenvalue weighted by Crippen LogP contribution is -2.25. The van der Waals surface area contributed by atoms with Crippen LogP contribution in [0.4, 0.5) is 13.2 Å². The van der Waals surface area contributed by atoms with Crippen molar-refractivity contribution in [3.8, 4) is 22.3 Å². The summed E-state index contributed by atoms with van der Waals surface area (Å²) in [7, 11) is 0. The molecule has 3 aromatic rings. The van der Waals surface area contributed by atoms with Gasteiger partial charge in [0.1, 0.15) is 5.82 Å². The van der Waals surface area contributed by atoms with Crippen LogP contribution in [0.1, 0.15) is 24.3 Å². The molecular formula is C24H21F3O2. The fourth-order valence-corrected chi connectivity index (χ4v) is 3.40. The van der Waals surface area contributed by atoms with Gasteiger partial charge in [0.2, 0.25) is 0 Å². The van der Waals surface area contributed by atoms with E-state index in [1.807, 2.05) is 6.92 Å². The van der Waals surface area contributed by atoms with E-state index in [1.165, 1.54) is 19.1 Å². The summed E-state index contributed by atoms with van der Waals surface area (Å²) in [5, 5.41) is 0. The lowest BCUT2D eigenvalue weighted by Gasteiger charge is -2.27. The molecule has 0 amide bonds. The molecule has 29 heavy (non-hydrogen) atoms. The quantitative estimate of drug-likeness (QED) is 0.506. The number of hydrogen-bond donors (Lipinski definition) is 0. The summed E-state index contributed by atoms with van der Waals surface area (Å²) in [4.78, 5) is 0. The second-order valence-corrected chi connectivity index (χ2v) is 7.48. The van der Waals surface area contributed by atoms with Gasteiger partial charge in [0, 0.05) is 22.6 Å². The molecule has 3 aromatic carbocycles. The summed E-state index contributed by atoms with van der Waals surface area (Å²) in [6, 6.07) is 14.7. The van der Waals surface area contributed by atoms with Crippen LogP contribution in [0.2, 0.25) is 0 Å². The first-order valence-corrected chi connectivity index (χ1v) is 9.52. The maximum absolute atomic E-state index is 14.7. The van der Waals surface area contributed by atoms with Crippen LogP contribution in [-0.4, -0.2) is 13.2 Å². The fraction of sp³-hybridized carbons (Fsp3) is 0.250. The summed E-state index contributed by atoms with van der Waals surface area (Å²) in [5.74, 6) is -1.81. The summed E-state index contributed by atoms with van der Waals surface area (Å²) in [5.41, 5.74) is 2.65. The Hall–Kier alpha value is -2.63. The minimum Gasteiger partial charge on any atom is -0.348 e. The monoisotopic (exact) mass is 398 g/mol. The van der Waals surface area contributed by atoms with Gasteiger partial charge in [-0.2, -0.15) is 0 Å². The van der Waals surface area contributed by atoms with Crippen LogP contribution >= 0.6 is 0 Å². The average molecular weight is 398 g/mol. The van der Waals surface area contributed by atoms with Crippen molar-refractivity contribution in [3.05, 3.63) is 83.2 Å². The third kappa shape index (κ3) is 3.93. The lowest BCUT2D eigenvalue weighted by molar-refractivity contribution is -0.202. The second kappa shape index (κ2) is 8.01. The van der Waals surface area contributed by atoms with Gasteiger partial charge in [0.15, 0.2) is 17.9 Å². The van der Waals surface area contributed by atoms with Crippen LogP contribution in [0, 0.1) is 30.3 Å². The molecule has 0 spiro atoms.